The molecular weight excluding hydrogens is 301 g/mol. The van der Waals surface area contributed by atoms with Gasteiger partial charge in [0, 0.05) is 11.1 Å². The van der Waals surface area contributed by atoms with Crippen molar-refractivity contribution in [1.82, 2.24) is 0 Å². The van der Waals surface area contributed by atoms with Gasteiger partial charge >= 0.3 is 0 Å². The minimum atomic E-state index is -0.491. The first-order chi connectivity index (χ1) is 9.51. The van der Waals surface area contributed by atoms with E-state index in [0.29, 0.717) is 21.5 Å². The summed E-state index contributed by atoms with van der Waals surface area (Å²) in [5, 5.41) is 13.2. The smallest absolute Gasteiger partial charge is 0.259 e. The van der Waals surface area contributed by atoms with E-state index in [-0.39, 0.29) is 11.3 Å². The van der Waals surface area contributed by atoms with Gasteiger partial charge in [-0.1, -0.05) is 23.2 Å². The van der Waals surface area contributed by atoms with Crippen LogP contribution in [0, 0.1) is 0 Å². The highest BCUT2D eigenvalue weighted by molar-refractivity contribution is 6.35. The lowest BCUT2D eigenvalue weighted by Gasteiger charge is -2.09. The topological polar surface area (TPSA) is 58.6 Å². The highest BCUT2D eigenvalue weighted by Crippen LogP contribution is 2.28. The monoisotopic (exact) mass is 311 g/mol. The molecule has 0 saturated carbocycles. The minimum Gasteiger partial charge on any atom is -0.507 e. The molecule has 0 atom stereocenters. The third kappa shape index (κ3) is 3.15. The van der Waals surface area contributed by atoms with Crippen molar-refractivity contribution in [3.63, 3.8) is 0 Å². The van der Waals surface area contributed by atoms with Crippen LogP contribution in [-0.4, -0.2) is 18.1 Å². The fraction of sp³-hybridized carbons (Fsp3) is 0.0714. The Kier molecular flexibility index (Phi) is 4.37. The molecule has 0 heterocycles. The van der Waals surface area contributed by atoms with Crippen molar-refractivity contribution in [3.05, 3.63) is 52.0 Å². The predicted octanol–water partition coefficient (Wildman–Crippen LogP) is 3.96. The van der Waals surface area contributed by atoms with Crippen LogP contribution in [-0.2, 0) is 0 Å². The Bertz CT molecular complexity index is 659. The van der Waals surface area contributed by atoms with Gasteiger partial charge in [-0.15, -0.1) is 0 Å². The average molecular weight is 312 g/mol. The number of anilines is 1. The lowest BCUT2D eigenvalue weighted by atomic mass is 10.1. The van der Waals surface area contributed by atoms with Gasteiger partial charge in [0.1, 0.15) is 11.5 Å². The number of nitrogens with one attached hydrogen (secondary N) is 1. The van der Waals surface area contributed by atoms with Crippen molar-refractivity contribution in [3.8, 4) is 11.5 Å². The number of phenols is 1. The van der Waals surface area contributed by atoms with Crippen LogP contribution < -0.4 is 10.1 Å². The van der Waals surface area contributed by atoms with Crippen LogP contribution >= 0.6 is 23.2 Å². The van der Waals surface area contributed by atoms with Gasteiger partial charge in [0.25, 0.3) is 5.91 Å². The molecule has 0 aromatic heterocycles. The Labute approximate surface area is 125 Å². The Balaban J connectivity index is 2.26. The molecule has 6 heteroatoms. The second-order valence-electron chi connectivity index (χ2n) is 3.96. The second kappa shape index (κ2) is 6.03. The van der Waals surface area contributed by atoms with E-state index in [1.54, 1.807) is 18.2 Å². The molecule has 1 amide bonds. The largest absolute Gasteiger partial charge is 0.507 e. The van der Waals surface area contributed by atoms with Gasteiger partial charge in [0.15, 0.2) is 0 Å². The number of phenolic OH excluding ortho intramolecular Hbond substituents is 1. The predicted molar refractivity (Wildman–Crippen MR) is 79.1 cm³/mol. The van der Waals surface area contributed by atoms with Crippen LogP contribution in [0.2, 0.25) is 10.0 Å². The van der Waals surface area contributed by atoms with Crippen molar-refractivity contribution in [2.75, 3.05) is 12.4 Å². The van der Waals surface area contributed by atoms with Gasteiger partial charge in [-0.3, -0.25) is 4.79 Å². The van der Waals surface area contributed by atoms with Gasteiger partial charge < -0.3 is 15.2 Å². The molecule has 20 heavy (non-hydrogen) atoms. The SMILES string of the molecule is COc1ccc(C(=O)Nc2cc(Cl)ccc2Cl)c(O)c1. The molecule has 0 aliphatic heterocycles. The van der Waals surface area contributed by atoms with Crippen LogP contribution in [0.3, 0.4) is 0 Å². The third-order valence-corrected chi connectivity index (χ3v) is 3.19. The fourth-order valence-corrected chi connectivity index (χ4v) is 1.95. The first-order valence-electron chi connectivity index (χ1n) is 5.64. The van der Waals surface area contributed by atoms with E-state index in [9.17, 15) is 9.90 Å². The first kappa shape index (κ1) is 14.5. The minimum absolute atomic E-state index is 0.113. The highest BCUT2D eigenvalue weighted by Gasteiger charge is 2.13. The molecule has 0 saturated heterocycles. The van der Waals surface area contributed by atoms with Gasteiger partial charge in [-0.05, 0) is 30.3 Å². The lowest BCUT2D eigenvalue weighted by Crippen LogP contribution is -2.12. The van der Waals surface area contributed by atoms with E-state index in [0.717, 1.165) is 0 Å². The van der Waals surface area contributed by atoms with Crippen molar-refractivity contribution < 1.29 is 14.6 Å². The molecule has 4 nitrogen and oxygen atoms in total. The summed E-state index contributed by atoms with van der Waals surface area (Å²) in [4.78, 5) is 12.1. The molecule has 2 aromatic carbocycles. The summed E-state index contributed by atoms with van der Waals surface area (Å²) >= 11 is 11.8. The molecule has 0 spiro atoms. The van der Waals surface area contributed by atoms with Crippen LogP contribution in [0.4, 0.5) is 5.69 Å². The molecule has 0 radical (unpaired) electrons. The molecule has 0 aliphatic rings. The fourth-order valence-electron chi connectivity index (χ4n) is 1.61. The van der Waals surface area contributed by atoms with Crippen molar-refractivity contribution in [2.24, 2.45) is 0 Å². The number of carbonyl (C=O) groups excluding carboxylic acids is 1. The Morgan fingerprint density at radius 2 is 1.95 bits per heavy atom. The van der Waals surface area contributed by atoms with Gasteiger partial charge in [0.2, 0.25) is 0 Å². The number of ether oxygens (including phenoxy) is 1. The molecule has 2 aromatic rings. The summed E-state index contributed by atoms with van der Waals surface area (Å²) in [5.41, 5.74) is 0.487. The third-order valence-electron chi connectivity index (χ3n) is 2.63. The molecule has 0 unspecified atom stereocenters. The van der Waals surface area contributed by atoms with Crippen LogP contribution in [0.1, 0.15) is 10.4 Å². The Morgan fingerprint density at radius 3 is 2.60 bits per heavy atom. The van der Waals surface area contributed by atoms with Gasteiger partial charge in [-0.25, -0.2) is 0 Å². The normalized spacial score (nSPS) is 10.2. The standard InChI is InChI=1S/C14H11Cl2NO3/c1-20-9-3-4-10(13(18)7-9)14(19)17-12-6-8(15)2-5-11(12)16/h2-7,18H,1H3,(H,17,19). The highest BCUT2D eigenvalue weighted by atomic mass is 35.5. The summed E-state index contributed by atoms with van der Waals surface area (Å²) in [6.45, 7) is 0. The van der Waals surface area contributed by atoms with Crippen LogP contribution in [0.25, 0.3) is 0 Å². The number of aromatic hydroxyl groups is 1. The maximum Gasteiger partial charge on any atom is 0.259 e. The molecular formula is C14H11Cl2NO3. The number of benzene rings is 2. The number of rotatable bonds is 3. The zero-order valence-electron chi connectivity index (χ0n) is 10.5. The van der Waals surface area contributed by atoms with E-state index in [1.165, 1.54) is 25.3 Å². The Hall–Kier alpha value is -1.91. The summed E-state index contributed by atoms with van der Waals surface area (Å²) in [6.07, 6.45) is 0. The molecule has 0 bridgehead atoms. The van der Waals surface area contributed by atoms with E-state index in [4.69, 9.17) is 27.9 Å². The first-order valence-corrected chi connectivity index (χ1v) is 6.40. The van der Waals surface area contributed by atoms with E-state index >= 15 is 0 Å². The number of carbonyl (C=O) groups is 1. The summed E-state index contributed by atoms with van der Waals surface area (Å²) in [7, 11) is 1.47. The number of methoxy groups -OCH3 is 1. The van der Waals surface area contributed by atoms with Gasteiger partial charge in [0.05, 0.1) is 23.4 Å². The van der Waals surface area contributed by atoms with Crippen molar-refractivity contribution >= 4 is 34.8 Å². The quantitative estimate of drug-likeness (QED) is 0.902. The Morgan fingerprint density at radius 1 is 1.20 bits per heavy atom. The van der Waals surface area contributed by atoms with Gasteiger partial charge in [-0.2, -0.15) is 0 Å². The van der Waals surface area contributed by atoms with Crippen LogP contribution in [0.15, 0.2) is 36.4 Å². The van der Waals surface area contributed by atoms with Crippen molar-refractivity contribution in [2.45, 2.75) is 0 Å². The lowest BCUT2D eigenvalue weighted by molar-refractivity contribution is 0.102. The second-order valence-corrected chi connectivity index (χ2v) is 4.81. The average Bonchev–Trinajstić information content (AvgIpc) is 2.42. The van der Waals surface area contributed by atoms with Crippen LogP contribution in [0.5, 0.6) is 11.5 Å². The molecule has 2 N–H and O–H groups in total. The number of halogens is 2. The summed E-state index contributed by atoms with van der Waals surface area (Å²) in [6, 6.07) is 9.12. The zero-order chi connectivity index (χ0) is 14.7. The van der Waals surface area contributed by atoms with Crippen molar-refractivity contribution in [1.29, 1.82) is 0 Å². The van der Waals surface area contributed by atoms with E-state index in [2.05, 4.69) is 5.32 Å². The maximum absolute atomic E-state index is 12.1. The number of hydrogen-bond donors (Lipinski definition) is 2. The molecule has 104 valence electrons. The number of hydrogen-bond acceptors (Lipinski definition) is 3. The van der Waals surface area contributed by atoms with E-state index < -0.39 is 5.91 Å². The summed E-state index contributed by atoms with van der Waals surface area (Å²) in [5.74, 6) is -0.214. The zero-order valence-corrected chi connectivity index (χ0v) is 12.0. The van der Waals surface area contributed by atoms with E-state index in [1.807, 2.05) is 0 Å². The maximum atomic E-state index is 12.1. The summed E-state index contributed by atoms with van der Waals surface area (Å²) < 4.78 is 4.95. The molecule has 0 fully saturated rings. The molecule has 0 aliphatic carbocycles. The number of amides is 1. The molecule has 2 rings (SSSR count).